The SMILES string of the molecule is COCCCOCCCC(=O)Nc1ccc(OC)cc1N. The second-order valence-electron chi connectivity index (χ2n) is 4.56. The molecule has 0 aliphatic heterocycles. The Balaban J connectivity index is 2.21. The number of nitrogens with one attached hydrogen (secondary N) is 1. The number of hydrogen-bond donors (Lipinski definition) is 2. The van der Waals surface area contributed by atoms with Crippen molar-refractivity contribution in [3.63, 3.8) is 0 Å². The van der Waals surface area contributed by atoms with Gasteiger partial charge in [0.25, 0.3) is 0 Å². The van der Waals surface area contributed by atoms with E-state index in [0.29, 0.717) is 49.8 Å². The third kappa shape index (κ3) is 6.97. The van der Waals surface area contributed by atoms with Gasteiger partial charge in [-0.05, 0) is 25.0 Å². The maximum atomic E-state index is 11.8. The van der Waals surface area contributed by atoms with Crippen molar-refractivity contribution in [2.75, 3.05) is 45.1 Å². The summed E-state index contributed by atoms with van der Waals surface area (Å²) in [7, 11) is 3.23. The van der Waals surface area contributed by atoms with Gasteiger partial charge in [0.15, 0.2) is 0 Å². The molecule has 0 fully saturated rings. The zero-order chi connectivity index (χ0) is 15.5. The van der Waals surface area contributed by atoms with Crippen LogP contribution in [-0.4, -0.2) is 39.9 Å². The van der Waals surface area contributed by atoms with Crippen molar-refractivity contribution in [3.8, 4) is 5.75 Å². The number of ether oxygens (including phenoxy) is 3. The van der Waals surface area contributed by atoms with Gasteiger partial charge in [-0.25, -0.2) is 0 Å². The Morgan fingerprint density at radius 3 is 2.62 bits per heavy atom. The lowest BCUT2D eigenvalue weighted by Crippen LogP contribution is -2.13. The van der Waals surface area contributed by atoms with Gasteiger partial charge in [0, 0.05) is 39.4 Å². The van der Waals surface area contributed by atoms with Crippen molar-refractivity contribution in [2.24, 2.45) is 0 Å². The first-order chi connectivity index (χ1) is 10.2. The highest BCUT2D eigenvalue weighted by molar-refractivity contribution is 5.93. The predicted octanol–water partition coefficient (Wildman–Crippen LogP) is 2.05. The molecule has 1 aromatic carbocycles. The van der Waals surface area contributed by atoms with Gasteiger partial charge in [-0.3, -0.25) is 4.79 Å². The molecule has 6 heteroatoms. The Morgan fingerprint density at radius 2 is 1.95 bits per heavy atom. The fraction of sp³-hybridized carbons (Fsp3) is 0.533. The molecule has 0 saturated carbocycles. The van der Waals surface area contributed by atoms with Crippen molar-refractivity contribution in [2.45, 2.75) is 19.3 Å². The van der Waals surface area contributed by atoms with Crippen molar-refractivity contribution < 1.29 is 19.0 Å². The molecule has 0 aromatic heterocycles. The Bertz CT molecular complexity index is 438. The van der Waals surface area contributed by atoms with Gasteiger partial charge in [-0.15, -0.1) is 0 Å². The van der Waals surface area contributed by atoms with E-state index in [1.165, 1.54) is 0 Å². The number of rotatable bonds is 10. The Hall–Kier alpha value is -1.79. The highest BCUT2D eigenvalue weighted by atomic mass is 16.5. The maximum Gasteiger partial charge on any atom is 0.224 e. The Morgan fingerprint density at radius 1 is 1.19 bits per heavy atom. The first-order valence-electron chi connectivity index (χ1n) is 6.97. The highest BCUT2D eigenvalue weighted by Crippen LogP contribution is 2.24. The zero-order valence-corrected chi connectivity index (χ0v) is 12.7. The first-order valence-corrected chi connectivity index (χ1v) is 6.97. The lowest BCUT2D eigenvalue weighted by molar-refractivity contribution is -0.116. The van der Waals surface area contributed by atoms with E-state index in [1.54, 1.807) is 32.4 Å². The summed E-state index contributed by atoms with van der Waals surface area (Å²) in [5, 5.41) is 2.78. The minimum Gasteiger partial charge on any atom is -0.497 e. The number of nitrogens with two attached hydrogens (primary N) is 1. The average Bonchev–Trinajstić information content (AvgIpc) is 2.48. The van der Waals surface area contributed by atoms with E-state index in [9.17, 15) is 4.79 Å². The lowest BCUT2D eigenvalue weighted by atomic mass is 10.2. The van der Waals surface area contributed by atoms with Crippen LogP contribution in [0.15, 0.2) is 18.2 Å². The molecule has 3 N–H and O–H groups in total. The van der Waals surface area contributed by atoms with E-state index in [2.05, 4.69) is 5.32 Å². The van der Waals surface area contributed by atoms with Crippen molar-refractivity contribution in [1.82, 2.24) is 0 Å². The molecule has 0 heterocycles. The molecule has 1 aromatic rings. The standard InChI is InChI=1S/C15H24N2O4/c1-19-8-4-10-21-9-3-5-15(18)17-14-7-6-12(20-2)11-13(14)16/h6-7,11H,3-5,8-10,16H2,1-2H3,(H,17,18). The third-order valence-electron chi connectivity index (χ3n) is 2.86. The number of carbonyl (C=O) groups excluding carboxylic acids is 1. The topological polar surface area (TPSA) is 82.8 Å². The zero-order valence-electron chi connectivity index (χ0n) is 12.7. The number of methoxy groups -OCH3 is 2. The molecule has 0 radical (unpaired) electrons. The molecular formula is C15H24N2O4. The molecule has 1 amide bonds. The number of hydrogen-bond acceptors (Lipinski definition) is 5. The number of benzene rings is 1. The summed E-state index contributed by atoms with van der Waals surface area (Å²) in [4.78, 5) is 11.8. The summed E-state index contributed by atoms with van der Waals surface area (Å²) >= 11 is 0. The van der Waals surface area contributed by atoms with Crippen molar-refractivity contribution in [1.29, 1.82) is 0 Å². The molecule has 0 atom stereocenters. The highest BCUT2D eigenvalue weighted by Gasteiger charge is 2.06. The normalized spacial score (nSPS) is 10.4. The van der Waals surface area contributed by atoms with Crippen LogP contribution in [0.1, 0.15) is 19.3 Å². The second kappa shape index (κ2) is 10.0. The number of carbonyl (C=O) groups is 1. The fourth-order valence-corrected chi connectivity index (χ4v) is 1.74. The summed E-state index contributed by atoms with van der Waals surface area (Å²) in [6.45, 7) is 1.91. The lowest BCUT2D eigenvalue weighted by Gasteiger charge is -2.09. The van der Waals surface area contributed by atoms with Gasteiger partial charge in [-0.2, -0.15) is 0 Å². The molecule has 0 spiro atoms. The molecule has 0 saturated heterocycles. The second-order valence-corrected chi connectivity index (χ2v) is 4.56. The number of nitrogen functional groups attached to an aromatic ring is 1. The van der Waals surface area contributed by atoms with Gasteiger partial charge in [0.2, 0.25) is 5.91 Å². The van der Waals surface area contributed by atoms with Crippen LogP contribution in [0.3, 0.4) is 0 Å². The van der Waals surface area contributed by atoms with Crippen LogP contribution in [-0.2, 0) is 14.3 Å². The Kier molecular flexibility index (Phi) is 8.23. The van der Waals surface area contributed by atoms with Gasteiger partial charge < -0.3 is 25.3 Å². The summed E-state index contributed by atoms with van der Waals surface area (Å²) in [6.07, 6.45) is 1.94. The molecular weight excluding hydrogens is 272 g/mol. The number of anilines is 2. The predicted molar refractivity (Wildman–Crippen MR) is 82.6 cm³/mol. The molecule has 118 valence electrons. The molecule has 6 nitrogen and oxygen atoms in total. The van der Waals surface area contributed by atoms with Crippen LogP contribution in [0.4, 0.5) is 11.4 Å². The molecule has 1 rings (SSSR count). The monoisotopic (exact) mass is 296 g/mol. The smallest absolute Gasteiger partial charge is 0.224 e. The summed E-state index contributed by atoms with van der Waals surface area (Å²) in [5.74, 6) is 0.585. The quantitative estimate of drug-likeness (QED) is 0.510. The van der Waals surface area contributed by atoms with Gasteiger partial charge in [0.1, 0.15) is 5.75 Å². The first kappa shape index (κ1) is 17.3. The van der Waals surface area contributed by atoms with Crippen LogP contribution in [0.25, 0.3) is 0 Å². The maximum absolute atomic E-state index is 11.8. The third-order valence-corrected chi connectivity index (χ3v) is 2.86. The number of amides is 1. The van der Waals surface area contributed by atoms with Crippen molar-refractivity contribution >= 4 is 17.3 Å². The fourth-order valence-electron chi connectivity index (χ4n) is 1.74. The molecule has 0 bridgehead atoms. The van der Waals surface area contributed by atoms with E-state index >= 15 is 0 Å². The van der Waals surface area contributed by atoms with Gasteiger partial charge in [0.05, 0.1) is 18.5 Å². The van der Waals surface area contributed by atoms with Crippen molar-refractivity contribution in [3.05, 3.63) is 18.2 Å². The summed E-state index contributed by atoms with van der Waals surface area (Å²) in [5.41, 5.74) is 6.92. The van der Waals surface area contributed by atoms with Gasteiger partial charge >= 0.3 is 0 Å². The molecule has 0 aliphatic carbocycles. The van der Waals surface area contributed by atoms with Crippen LogP contribution in [0, 0.1) is 0 Å². The average molecular weight is 296 g/mol. The molecule has 0 unspecified atom stereocenters. The van der Waals surface area contributed by atoms with E-state index < -0.39 is 0 Å². The summed E-state index contributed by atoms with van der Waals surface area (Å²) < 4.78 is 15.4. The van der Waals surface area contributed by atoms with Crippen LogP contribution >= 0.6 is 0 Å². The molecule has 21 heavy (non-hydrogen) atoms. The van der Waals surface area contributed by atoms with Crippen LogP contribution in [0.5, 0.6) is 5.75 Å². The largest absolute Gasteiger partial charge is 0.497 e. The van der Waals surface area contributed by atoms with E-state index in [0.717, 1.165) is 6.42 Å². The summed E-state index contributed by atoms with van der Waals surface area (Å²) in [6, 6.07) is 5.16. The Labute approximate surface area is 125 Å². The van der Waals surface area contributed by atoms with Gasteiger partial charge in [-0.1, -0.05) is 0 Å². The van der Waals surface area contributed by atoms with E-state index in [-0.39, 0.29) is 5.91 Å². The van der Waals surface area contributed by atoms with E-state index in [4.69, 9.17) is 19.9 Å². The van der Waals surface area contributed by atoms with Crippen LogP contribution < -0.4 is 15.8 Å². The minimum absolute atomic E-state index is 0.0765. The van der Waals surface area contributed by atoms with E-state index in [1.807, 2.05) is 0 Å². The molecule has 0 aliphatic rings. The minimum atomic E-state index is -0.0765. The van der Waals surface area contributed by atoms with Crippen LogP contribution in [0.2, 0.25) is 0 Å².